The number of amides is 2. The number of benzene rings is 1. The molecule has 0 radical (unpaired) electrons. The monoisotopic (exact) mass is 350 g/mol. The van der Waals surface area contributed by atoms with Crippen LogP contribution in [0.1, 0.15) is 36.7 Å². The van der Waals surface area contributed by atoms with Crippen molar-refractivity contribution in [3.63, 3.8) is 0 Å². The minimum Gasteiger partial charge on any atom is -0.372 e. The molecular formula is C18H26N2O3S. The molecule has 132 valence electrons. The second kappa shape index (κ2) is 8.53. The Hall–Kier alpha value is -1.53. The van der Waals surface area contributed by atoms with Gasteiger partial charge in [0.1, 0.15) is 0 Å². The number of rotatable bonds is 5. The van der Waals surface area contributed by atoms with Gasteiger partial charge < -0.3 is 15.0 Å². The highest BCUT2D eigenvalue weighted by atomic mass is 32.2. The topological polar surface area (TPSA) is 58.6 Å². The first-order valence-corrected chi connectivity index (χ1v) is 9.53. The molecule has 5 nitrogen and oxygen atoms in total. The summed E-state index contributed by atoms with van der Waals surface area (Å²) in [5, 5.41) is 2.84. The lowest BCUT2D eigenvalue weighted by atomic mass is 10.1. The summed E-state index contributed by atoms with van der Waals surface area (Å²) in [5.74, 6) is 0.0579. The first-order valence-electron chi connectivity index (χ1n) is 8.25. The Balaban J connectivity index is 1.94. The molecule has 3 atom stereocenters. The van der Waals surface area contributed by atoms with E-state index in [0.29, 0.717) is 25.2 Å². The van der Waals surface area contributed by atoms with Gasteiger partial charge in [-0.1, -0.05) is 12.1 Å². The van der Waals surface area contributed by atoms with E-state index in [9.17, 15) is 9.59 Å². The highest BCUT2D eigenvalue weighted by molar-refractivity contribution is 7.99. The van der Waals surface area contributed by atoms with Gasteiger partial charge in [-0.3, -0.25) is 9.59 Å². The van der Waals surface area contributed by atoms with Gasteiger partial charge in [-0.05, 0) is 44.7 Å². The number of ether oxygens (including phenoxy) is 1. The number of nitrogens with zero attached hydrogens (tertiary/aromatic N) is 1. The summed E-state index contributed by atoms with van der Waals surface area (Å²) in [5.41, 5.74) is 1.65. The van der Waals surface area contributed by atoms with Crippen LogP contribution >= 0.6 is 11.8 Å². The third kappa shape index (κ3) is 4.98. The maximum atomic E-state index is 12.6. The fraction of sp³-hybridized carbons (Fsp3) is 0.556. The van der Waals surface area contributed by atoms with Gasteiger partial charge >= 0.3 is 0 Å². The standard InChI is InChI=1S/C18H26N2O3S/c1-12-10-20(11-13(2)23-12)18(22)16-7-5-15(6-8-16)9-19-17(21)14(3)24-4/h5-8,12-14H,9-11H2,1-4H3,(H,19,21). The van der Waals surface area contributed by atoms with Gasteiger partial charge in [-0.2, -0.15) is 11.8 Å². The van der Waals surface area contributed by atoms with Crippen LogP contribution < -0.4 is 5.32 Å². The Morgan fingerprint density at radius 2 is 1.83 bits per heavy atom. The molecule has 3 unspecified atom stereocenters. The number of hydrogen-bond acceptors (Lipinski definition) is 4. The third-order valence-electron chi connectivity index (χ3n) is 4.10. The molecule has 24 heavy (non-hydrogen) atoms. The predicted molar refractivity (Wildman–Crippen MR) is 97.2 cm³/mol. The minimum absolute atomic E-state index is 0.0268. The van der Waals surface area contributed by atoms with Crippen molar-refractivity contribution in [3.05, 3.63) is 35.4 Å². The zero-order valence-corrected chi connectivity index (χ0v) is 15.6. The SMILES string of the molecule is CSC(C)C(=O)NCc1ccc(C(=O)N2CC(C)OC(C)C2)cc1. The minimum atomic E-state index is -0.0591. The first kappa shape index (κ1) is 18.8. The molecule has 0 aromatic heterocycles. The molecule has 0 bridgehead atoms. The molecule has 0 spiro atoms. The number of carbonyl (C=O) groups excluding carboxylic acids is 2. The fourth-order valence-corrected chi connectivity index (χ4v) is 3.03. The normalized spacial score (nSPS) is 22.1. The van der Waals surface area contributed by atoms with Gasteiger partial charge in [0.15, 0.2) is 0 Å². The lowest BCUT2D eigenvalue weighted by Crippen LogP contribution is -2.48. The Morgan fingerprint density at radius 3 is 2.38 bits per heavy atom. The summed E-state index contributed by atoms with van der Waals surface area (Å²) in [6, 6.07) is 7.44. The molecule has 1 saturated heterocycles. The van der Waals surface area contributed by atoms with Gasteiger partial charge in [0.05, 0.1) is 17.5 Å². The van der Waals surface area contributed by atoms with Gasteiger partial charge in [-0.15, -0.1) is 0 Å². The molecule has 1 heterocycles. The van der Waals surface area contributed by atoms with Crippen molar-refractivity contribution >= 4 is 23.6 Å². The number of morpholine rings is 1. The van der Waals surface area contributed by atoms with Crippen molar-refractivity contribution in [3.8, 4) is 0 Å². The van der Waals surface area contributed by atoms with Crippen LogP contribution in [-0.4, -0.2) is 53.5 Å². The van der Waals surface area contributed by atoms with E-state index >= 15 is 0 Å². The molecule has 1 aromatic carbocycles. The summed E-state index contributed by atoms with van der Waals surface area (Å²) in [4.78, 5) is 26.2. The second-order valence-corrected chi connectivity index (χ2v) is 7.44. The Kier molecular flexibility index (Phi) is 6.69. The molecule has 1 fully saturated rings. The van der Waals surface area contributed by atoms with Crippen LogP contribution in [0.2, 0.25) is 0 Å². The van der Waals surface area contributed by atoms with E-state index in [-0.39, 0.29) is 29.3 Å². The van der Waals surface area contributed by atoms with E-state index in [1.165, 1.54) is 11.8 Å². The smallest absolute Gasteiger partial charge is 0.254 e. The molecule has 1 N–H and O–H groups in total. The van der Waals surface area contributed by atoms with Crippen LogP contribution in [-0.2, 0) is 16.1 Å². The van der Waals surface area contributed by atoms with Gasteiger partial charge in [0, 0.05) is 25.2 Å². The second-order valence-electron chi connectivity index (χ2n) is 6.26. The van der Waals surface area contributed by atoms with Gasteiger partial charge in [-0.25, -0.2) is 0 Å². The summed E-state index contributed by atoms with van der Waals surface area (Å²) in [6.45, 7) is 7.56. The maximum absolute atomic E-state index is 12.6. The molecule has 1 aliphatic heterocycles. The number of hydrogen-bond donors (Lipinski definition) is 1. The Morgan fingerprint density at radius 1 is 1.25 bits per heavy atom. The molecule has 1 aliphatic rings. The molecular weight excluding hydrogens is 324 g/mol. The van der Waals surface area contributed by atoms with E-state index in [0.717, 1.165) is 5.56 Å². The molecule has 1 aromatic rings. The Bertz CT molecular complexity index is 566. The van der Waals surface area contributed by atoms with Crippen molar-refractivity contribution in [1.82, 2.24) is 10.2 Å². The third-order valence-corrected chi connectivity index (χ3v) is 5.02. The molecule has 0 saturated carbocycles. The van der Waals surface area contributed by atoms with Crippen LogP contribution in [0.25, 0.3) is 0 Å². The summed E-state index contributed by atoms with van der Waals surface area (Å²) in [7, 11) is 0. The molecule has 2 rings (SSSR count). The Labute approximate surface area is 148 Å². The summed E-state index contributed by atoms with van der Waals surface area (Å²) in [6.07, 6.45) is 2.04. The van der Waals surface area contributed by atoms with E-state index in [4.69, 9.17) is 4.74 Å². The zero-order valence-electron chi connectivity index (χ0n) is 14.7. The van der Waals surface area contributed by atoms with Crippen LogP contribution in [0.5, 0.6) is 0 Å². The lowest BCUT2D eigenvalue weighted by molar-refractivity contribution is -0.120. The van der Waals surface area contributed by atoms with Crippen molar-refractivity contribution in [2.24, 2.45) is 0 Å². The quantitative estimate of drug-likeness (QED) is 0.885. The zero-order chi connectivity index (χ0) is 17.7. The molecule has 0 aliphatic carbocycles. The van der Waals surface area contributed by atoms with Crippen molar-refractivity contribution in [2.45, 2.75) is 44.8 Å². The average Bonchev–Trinajstić information content (AvgIpc) is 2.57. The number of thioether (sulfide) groups is 1. The van der Waals surface area contributed by atoms with Crippen molar-refractivity contribution < 1.29 is 14.3 Å². The predicted octanol–water partition coefficient (Wildman–Crippen LogP) is 2.30. The highest BCUT2D eigenvalue weighted by Gasteiger charge is 2.26. The van der Waals surface area contributed by atoms with E-state index in [2.05, 4.69) is 5.32 Å². The van der Waals surface area contributed by atoms with E-state index in [1.54, 1.807) is 0 Å². The molecule has 2 amide bonds. The largest absolute Gasteiger partial charge is 0.372 e. The lowest BCUT2D eigenvalue weighted by Gasteiger charge is -2.35. The van der Waals surface area contributed by atoms with Gasteiger partial charge in [0.2, 0.25) is 5.91 Å². The first-order chi connectivity index (χ1) is 11.4. The van der Waals surface area contributed by atoms with Crippen LogP contribution in [0, 0.1) is 0 Å². The van der Waals surface area contributed by atoms with Crippen LogP contribution in [0.3, 0.4) is 0 Å². The molecule has 6 heteroatoms. The maximum Gasteiger partial charge on any atom is 0.254 e. The van der Waals surface area contributed by atoms with E-state index < -0.39 is 0 Å². The van der Waals surface area contributed by atoms with Crippen LogP contribution in [0.4, 0.5) is 0 Å². The van der Waals surface area contributed by atoms with Crippen LogP contribution in [0.15, 0.2) is 24.3 Å². The van der Waals surface area contributed by atoms with Crippen molar-refractivity contribution in [2.75, 3.05) is 19.3 Å². The average molecular weight is 350 g/mol. The van der Waals surface area contributed by atoms with Crippen molar-refractivity contribution in [1.29, 1.82) is 0 Å². The van der Waals surface area contributed by atoms with Gasteiger partial charge in [0.25, 0.3) is 5.91 Å². The number of nitrogens with one attached hydrogen (secondary N) is 1. The summed E-state index contributed by atoms with van der Waals surface area (Å²) < 4.78 is 5.67. The summed E-state index contributed by atoms with van der Waals surface area (Å²) >= 11 is 1.52. The highest BCUT2D eigenvalue weighted by Crippen LogP contribution is 2.15. The fourth-order valence-electron chi connectivity index (χ4n) is 2.73. The number of carbonyl (C=O) groups is 2. The van der Waals surface area contributed by atoms with E-state index in [1.807, 2.05) is 56.2 Å².